The first-order valence-corrected chi connectivity index (χ1v) is 9.89. The maximum Gasteiger partial charge on any atom is 0.248 e. The molecule has 1 aliphatic heterocycles. The van der Waals surface area contributed by atoms with Crippen LogP contribution in [0.2, 0.25) is 5.02 Å². The van der Waals surface area contributed by atoms with Gasteiger partial charge < -0.3 is 5.32 Å². The predicted octanol–water partition coefficient (Wildman–Crippen LogP) is 3.67. The Morgan fingerprint density at radius 2 is 1.92 bits per heavy atom. The van der Waals surface area contributed by atoms with Crippen molar-refractivity contribution in [2.24, 2.45) is 0 Å². The van der Waals surface area contributed by atoms with Crippen LogP contribution in [-0.2, 0) is 14.8 Å². The molecule has 5 nitrogen and oxygen atoms in total. The van der Waals surface area contributed by atoms with Gasteiger partial charge in [0.05, 0.1) is 22.2 Å². The van der Waals surface area contributed by atoms with E-state index in [-0.39, 0.29) is 16.5 Å². The fourth-order valence-corrected chi connectivity index (χ4v) is 4.37. The van der Waals surface area contributed by atoms with Crippen LogP contribution in [-0.4, -0.2) is 26.6 Å². The lowest BCUT2D eigenvalue weighted by atomic mass is 10.2. The molecule has 26 heavy (non-hydrogen) atoms. The van der Waals surface area contributed by atoms with E-state index >= 15 is 0 Å². The minimum absolute atomic E-state index is 0.00161. The van der Waals surface area contributed by atoms with Crippen molar-refractivity contribution in [2.45, 2.75) is 6.42 Å². The molecule has 2 aromatic carbocycles. The van der Waals surface area contributed by atoms with Crippen molar-refractivity contribution in [3.63, 3.8) is 0 Å². The van der Waals surface area contributed by atoms with E-state index in [0.717, 1.165) is 0 Å². The Balaban J connectivity index is 1.67. The summed E-state index contributed by atoms with van der Waals surface area (Å²) < 4.78 is 39.0. The van der Waals surface area contributed by atoms with Crippen LogP contribution in [0.25, 0.3) is 6.08 Å². The molecule has 1 N–H and O–H groups in total. The van der Waals surface area contributed by atoms with Gasteiger partial charge >= 0.3 is 0 Å². The monoisotopic (exact) mass is 394 g/mol. The van der Waals surface area contributed by atoms with Crippen LogP contribution < -0.4 is 9.62 Å². The van der Waals surface area contributed by atoms with Gasteiger partial charge in [0.1, 0.15) is 0 Å². The molecule has 0 bridgehead atoms. The summed E-state index contributed by atoms with van der Waals surface area (Å²) in [5, 5.41) is 2.35. The second kappa shape index (κ2) is 7.47. The third kappa shape index (κ3) is 4.05. The number of hydrogen-bond acceptors (Lipinski definition) is 3. The third-order valence-electron chi connectivity index (χ3n) is 3.92. The third-order valence-corrected chi connectivity index (χ3v) is 6.08. The molecule has 0 aromatic heterocycles. The molecule has 0 spiro atoms. The van der Waals surface area contributed by atoms with E-state index in [1.165, 1.54) is 28.6 Å². The maximum atomic E-state index is 13.8. The molecule has 1 saturated heterocycles. The number of amides is 1. The Morgan fingerprint density at radius 1 is 1.19 bits per heavy atom. The molecule has 0 atom stereocenters. The summed E-state index contributed by atoms with van der Waals surface area (Å²) in [6.45, 7) is 0.477. The zero-order valence-electron chi connectivity index (χ0n) is 13.7. The first-order chi connectivity index (χ1) is 12.4. The van der Waals surface area contributed by atoms with Gasteiger partial charge in [0.25, 0.3) is 0 Å². The number of hydrogen-bond donors (Lipinski definition) is 1. The number of nitrogens with one attached hydrogen (secondary N) is 1. The molecule has 0 saturated carbocycles. The fourth-order valence-electron chi connectivity index (χ4n) is 2.63. The molecule has 1 fully saturated rings. The molecule has 1 heterocycles. The highest BCUT2D eigenvalue weighted by Gasteiger charge is 2.28. The molecule has 1 aliphatic rings. The van der Waals surface area contributed by atoms with Crippen molar-refractivity contribution >= 4 is 45.0 Å². The van der Waals surface area contributed by atoms with E-state index in [2.05, 4.69) is 5.32 Å². The van der Waals surface area contributed by atoms with Gasteiger partial charge in [-0.15, -0.1) is 0 Å². The number of halogens is 2. The fraction of sp³-hybridized carbons (Fsp3) is 0.167. The van der Waals surface area contributed by atoms with Gasteiger partial charge in [-0.25, -0.2) is 12.8 Å². The minimum atomic E-state index is -3.22. The van der Waals surface area contributed by atoms with Crippen LogP contribution >= 0.6 is 11.6 Å². The number of nitrogens with zero attached hydrogens (tertiary/aromatic N) is 1. The highest BCUT2D eigenvalue weighted by Crippen LogP contribution is 2.25. The van der Waals surface area contributed by atoms with Crippen molar-refractivity contribution < 1.29 is 17.6 Å². The van der Waals surface area contributed by atoms with Crippen LogP contribution in [0.4, 0.5) is 15.8 Å². The van der Waals surface area contributed by atoms with Gasteiger partial charge in [-0.3, -0.25) is 9.10 Å². The highest BCUT2D eigenvalue weighted by atomic mass is 35.5. The number of carbonyl (C=O) groups excluding carboxylic acids is 1. The molecular formula is C18H16ClFN2O3S. The maximum absolute atomic E-state index is 13.8. The van der Waals surface area contributed by atoms with E-state index in [9.17, 15) is 17.6 Å². The molecule has 0 aliphatic carbocycles. The molecule has 2 aromatic rings. The lowest BCUT2D eigenvalue weighted by Gasteiger charge is -2.16. The van der Waals surface area contributed by atoms with E-state index in [4.69, 9.17) is 11.6 Å². The van der Waals surface area contributed by atoms with Crippen LogP contribution in [0, 0.1) is 5.82 Å². The Bertz CT molecular complexity index is 959. The zero-order chi connectivity index (χ0) is 18.7. The van der Waals surface area contributed by atoms with Gasteiger partial charge in [-0.2, -0.15) is 0 Å². The Labute approximate surface area is 156 Å². The van der Waals surface area contributed by atoms with E-state index in [0.29, 0.717) is 24.2 Å². The SMILES string of the molecule is O=C(/C=C/c1ccc(N2CCCS2(=O)=O)cc1)Nc1cccc(Cl)c1F. The molecule has 1 amide bonds. The van der Waals surface area contributed by atoms with Crippen molar-refractivity contribution in [3.8, 4) is 0 Å². The van der Waals surface area contributed by atoms with Crippen LogP contribution in [0.3, 0.4) is 0 Å². The number of rotatable bonds is 4. The first kappa shape index (κ1) is 18.4. The summed E-state index contributed by atoms with van der Waals surface area (Å²) in [4.78, 5) is 11.9. The number of anilines is 2. The number of sulfonamides is 1. The Hall–Kier alpha value is -2.38. The summed E-state index contributed by atoms with van der Waals surface area (Å²) >= 11 is 5.67. The summed E-state index contributed by atoms with van der Waals surface area (Å²) in [6.07, 6.45) is 3.44. The standard InChI is InChI=1S/C18H16ClFN2O3S/c19-15-3-1-4-16(18(15)20)21-17(23)10-7-13-5-8-14(9-6-13)22-11-2-12-26(22,24)25/h1,3-10H,2,11-12H2,(H,21,23)/b10-7+. The number of carbonyl (C=O) groups is 1. The van der Waals surface area contributed by atoms with Crippen LogP contribution in [0.15, 0.2) is 48.5 Å². The summed E-state index contributed by atoms with van der Waals surface area (Å²) in [7, 11) is -3.22. The lowest BCUT2D eigenvalue weighted by Crippen LogP contribution is -2.24. The average molecular weight is 395 g/mol. The van der Waals surface area contributed by atoms with Gasteiger partial charge in [-0.05, 0) is 42.3 Å². The summed E-state index contributed by atoms with van der Waals surface area (Å²) in [6, 6.07) is 11.2. The second-order valence-corrected chi connectivity index (χ2v) is 8.18. The highest BCUT2D eigenvalue weighted by molar-refractivity contribution is 7.93. The van der Waals surface area contributed by atoms with Crippen molar-refractivity contribution in [1.29, 1.82) is 0 Å². The first-order valence-electron chi connectivity index (χ1n) is 7.90. The second-order valence-electron chi connectivity index (χ2n) is 5.76. The predicted molar refractivity (Wildman–Crippen MR) is 101 cm³/mol. The normalized spacial score (nSPS) is 16.2. The van der Waals surface area contributed by atoms with E-state index in [1.54, 1.807) is 30.3 Å². The molecule has 136 valence electrons. The molecule has 8 heteroatoms. The van der Waals surface area contributed by atoms with Crippen LogP contribution in [0.5, 0.6) is 0 Å². The lowest BCUT2D eigenvalue weighted by molar-refractivity contribution is -0.111. The smallest absolute Gasteiger partial charge is 0.248 e. The largest absolute Gasteiger partial charge is 0.320 e. The Morgan fingerprint density at radius 3 is 2.58 bits per heavy atom. The Kier molecular flexibility index (Phi) is 5.29. The van der Waals surface area contributed by atoms with E-state index in [1.807, 2.05) is 0 Å². The molecule has 0 radical (unpaired) electrons. The van der Waals surface area contributed by atoms with Gasteiger partial charge in [-0.1, -0.05) is 29.8 Å². The van der Waals surface area contributed by atoms with Gasteiger partial charge in [0.15, 0.2) is 5.82 Å². The van der Waals surface area contributed by atoms with Crippen molar-refractivity contribution in [2.75, 3.05) is 21.9 Å². The topological polar surface area (TPSA) is 66.5 Å². The zero-order valence-corrected chi connectivity index (χ0v) is 15.2. The van der Waals surface area contributed by atoms with Crippen molar-refractivity contribution in [3.05, 3.63) is 64.9 Å². The molecule has 0 unspecified atom stereocenters. The summed E-state index contributed by atoms with van der Waals surface area (Å²) in [5.74, 6) is -1.03. The van der Waals surface area contributed by atoms with Crippen molar-refractivity contribution in [1.82, 2.24) is 0 Å². The average Bonchev–Trinajstić information content (AvgIpc) is 2.97. The molecule has 3 rings (SSSR count). The van der Waals surface area contributed by atoms with E-state index < -0.39 is 21.7 Å². The summed E-state index contributed by atoms with van der Waals surface area (Å²) in [5.41, 5.74) is 1.32. The van der Waals surface area contributed by atoms with Crippen LogP contribution in [0.1, 0.15) is 12.0 Å². The van der Waals surface area contributed by atoms with Gasteiger partial charge in [0, 0.05) is 12.6 Å². The quantitative estimate of drug-likeness (QED) is 0.804. The number of benzene rings is 2. The minimum Gasteiger partial charge on any atom is -0.320 e. The molecular weight excluding hydrogens is 379 g/mol. The van der Waals surface area contributed by atoms with Gasteiger partial charge in [0.2, 0.25) is 15.9 Å².